The van der Waals surface area contributed by atoms with E-state index in [9.17, 15) is 49.7 Å². The zero-order valence-corrected chi connectivity index (χ0v) is 17.1. The third kappa shape index (κ3) is 7.04. The molecule has 0 saturated carbocycles. The first-order chi connectivity index (χ1) is 14.5. The summed E-state index contributed by atoms with van der Waals surface area (Å²) in [4.78, 5) is 0. The molecule has 0 radical (unpaired) electrons. The summed E-state index contributed by atoms with van der Waals surface area (Å²) in [5.41, 5.74) is -4.57. The van der Waals surface area contributed by atoms with E-state index in [1.165, 1.54) is 13.0 Å². The topological polar surface area (TPSA) is 40.5 Å². The number of thioether (sulfide) groups is 1. The van der Waals surface area contributed by atoms with Crippen molar-refractivity contribution in [2.45, 2.75) is 37.7 Å². The minimum atomic E-state index is -5.07. The van der Waals surface area contributed by atoms with Gasteiger partial charge in [-0.2, -0.15) is 51.3 Å². The predicted molar refractivity (Wildman–Crippen MR) is 99.9 cm³/mol. The molecule has 2 aromatic rings. The lowest BCUT2D eigenvalue weighted by Gasteiger charge is -2.18. The van der Waals surface area contributed by atoms with Crippen LogP contribution in [-0.4, -0.2) is 21.7 Å². The Labute approximate surface area is 181 Å². The van der Waals surface area contributed by atoms with E-state index in [2.05, 4.69) is 0 Å². The van der Waals surface area contributed by atoms with Crippen LogP contribution in [0.2, 0.25) is 0 Å². The molecular weight excluding hydrogens is 475 g/mol. The number of aryl methyl sites for hydroxylation is 1. The van der Waals surface area contributed by atoms with Gasteiger partial charge in [-0.1, -0.05) is 11.6 Å². The maximum Gasteiger partial charge on any atom is 0.416 e. The van der Waals surface area contributed by atoms with Gasteiger partial charge < -0.3 is 10.2 Å². The van der Waals surface area contributed by atoms with Gasteiger partial charge in [0.05, 0.1) is 28.9 Å². The lowest BCUT2D eigenvalue weighted by molar-refractivity contribution is -0.143. The molecule has 0 bridgehead atoms. The van der Waals surface area contributed by atoms with Crippen molar-refractivity contribution < 1.29 is 49.7 Å². The fourth-order valence-corrected chi connectivity index (χ4v) is 3.79. The Bertz CT molecular complexity index is 904. The molecule has 0 aliphatic heterocycles. The summed E-state index contributed by atoms with van der Waals surface area (Å²) in [5, 5.41) is 20.2. The Kier molecular flexibility index (Phi) is 7.83. The van der Waals surface area contributed by atoms with Crippen molar-refractivity contribution in [1.82, 2.24) is 0 Å². The third-order valence-corrected chi connectivity index (χ3v) is 5.46. The van der Waals surface area contributed by atoms with Gasteiger partial charge in [0.25, 0.3) is 0 Å². The average Bonchev–Trinajstić information content (AvgIpc) is 2.64. The second-order valence-corrected chi connectivity index (χ2v) is 8.11. The zero-order valence-electron chi connectivity index (χ0n) is 16.2. The number of hydrogen-bond acceptors (Lipinski definition) is 3. The standard InChI is InChI=1S/C20H17F9O2S/c1-10-2-11(4-13(3-10)18(21,22)23)16(30)8-32-9-17(31)12-5-14(19(24,25)26)7-15(6-12)20(27,28)29/h2-7,16-17,30-31H,8-9H2,1H3. The Morgan fingerprint density at radius 2 is 0.969 bits per heavy atom. The SMILES string of the molecule is Cc1cc(C(O)CSCC(O)c2cc(C(F)(F)F)cc(C(F)(F)F)c2)cc(C(F)(F)F)c1. The quantitative estimate of drug-likeness (QED) is 0.450. The molecule has 0 heterocycles. The molecule has 0 spiro atoms. The predicted octanol–water partition coefficient (Wildman–Crippen LogP) is 6.55. The van der Waals surface area contributed by atoms with Crippen molar-refractivity contribution in [1.29, 1.82) is 0 Å². The Hall–Kier alpha value is -1.92. The maximum absolute atomic E-state index is 12.9. The van der Waals surface area contributed by atoms with Crippen LogP contribution in [0, 0.1) is 6.92 Å². The van der Waals surface area contributed by atoms with Crippen LogP contribution in [0.5, 0.6) is 0 Å². The molecule has 0 amide bonds. The van der Waals surface area contributed by atoms with Crippen LogP contribution in [0.25, 0.3) is 0 Å². The maximum atomic E-state index is 12.9. The highest BCUT2D eigenvalue weighted by Gasteiger charge is 2.37. The van der Waals surface area contributed by atoms with Crippen molar-refractivity contribution in [2.24, 2.45) is 0 Å². The minimum Gasteiger partial charge on any atom is -0.388 e. The van der Waals surface area contributed by atoms with Gasteiger partial charge in [0.1, 0.15) is 0 Å². The lowest BCUT2D eigenvalue weighted by atomic mass is 10.0. The van der Waals surface area contributed by atoms with Gasteiger partial charge >= 0.3 is 18.5 Å². The largest absolute Gasteiger partial charge is 0.416 e. The number of rotatable bonds is 6. The zero-order chi connectivity index (χ0) is 24.5. The highest BCUT2D eigenvalue weighted by Crippen LogP contribution is 2.38. The number of alkyl halides is 9. The fraction of sp³-hybridized carbons (Fsp3) is 0.400. The van der Waals surface area contributed by atoms with Gasteiger partial charge in [-0.3, -0.25) is 0 Å². The van der Waals surface area contributed by atoms with E-state index in [1.54, 1.807) is 0 Å². The molecule has 2 nitrogen and oxygen atoms in total. The van der Waals surface area contributed by atoms with Crippen LogP contribution >= 0.6 is 11.8 Å². The smallest absolute Gasteiger partial charge is 0.388 e. The molecule has 0 aromatic heterocycles. The molecule has 2 unspecified atom stereocenters. The van der Waals surface area contributed by atoms with E-state index in [1.807, 2.05) is 0 Å². The Morgan fingerprint density at radius 1 is 0.625 bits per heavy atom. The van der Waals surface area contributed by atoms with Gasteiger partial charge in [0, 0.05) is 11.5 Å². The first kappa shape index (κ1) is 26.3. The summed E-state index contributed by atoms with van der Waals surface area (Å²) in [7, 11) is 0. The summed E-state index contributed by atoms with van der Waals surface area (Å²) < 4.78 is 116. The molecule has 12 heteroatoms. The number of aliphatic hydroxyl groups excluding tert-OH is 2. The Morgan fingerprint density at radius 3 is 1.34 bits per heavy atom. The van der Waals surface area contributed by atoms with E-state index in [0.717, 1.165) is 23.9 Å². The summed E-state index contributed by atoms with van der Waals surface area (Å²) in [6, 6.07) is 3.68. The molecule has 0 aliphatic rings. The lowest BCUT2D eigenvalue weighted by Crippen LogP contribution is -2.14. The second kappa shape index (κ2) is 9.52. The summed E-state index contributed by atoms with van der Waals surface area (Å²) in [6.45, 7) is 1.40. The van der Waals surface area contributed by atoms with Crippen LogP contribution in [-0.2, 0) is 18.5 Å². The molecule has 2 atom stereocenters. The molecule has 2 aromatic carbocycles. The van der Waals surface area contributed by atoms with Crippen LogP contribution in [0.15, 0.2) is 36.4 Å². The van der Waals surface area contributed by atoms with Crippen LogP contribution in [0.3, 0.4) is 0 Å². The van der Waals surface area contributed by atoms with Crippen molar-refractivity contribution in [3.05, 3.63) is 69.8 Å². The van der Waals surface area contributed by atoms with Gasteiger partial charge in [-0.25, -0.2) is 0 Å². The first-order valence-corrected chi connectivity index (χ1v) is 10.1. The molecule has 0 fully saturated rings. The third-order valence-electron chi connectivity index (χ3n) is 4.36. The second-order valence-electron chi connectivity index (χ2n) is 7.04. The molecule has 2 rings (SSSR count). The summed E-state index contributed by atoms with van der Waals surface area (Å²) >= 11 is 0.761. The van der Waals surface area contributed by atoms with Crippen LogP contribution < -0.4 is 0 Å². The summed E-state index contributed by atoms with van der Waals surface area (Å²) in [6.07, 6.45) is -17.9. The molecule has 178 valence electrons. The first-order valence-electron chi connectivity index (χ1n) is 8.90. The number of aliphatic hydroxyl groups is 2. The van der Waals surface area contributed by atoms with Crippen molar-refractivity contribution in [3.63, 3.8) is 0 Å². The van der Waals surface area contributed by atoms with Crippen LogP contribution in [0.4, 0.5) is 39.5 Å². The molecule has 2 N–H and O–H groups in total. The van der Waals surface area contributed by atoms with Gasteiger partial charge in [0.2, 0.25) is 0 Å². The van der Waals surface area contributed by atoms with Crippen molar-refractivity contribution >= 4 is 11.8 Å². The fourth-order valence-electron chi connectivity index (χ4n) is 2.82. The average molecular weight is 492 g/mol. The van der Waals surface area contributed by atoms with Crippen molar-refractivity contribution in [3.8, 4) is 0 Å². The van der Waals surface area contributed by atoms with Crippen molar-refractivity contribution in [2.75, 3.05) is 11.5 Å². The van der Waals surface area contributed by atoms with E-state index >= 15 is 0 Å². The van der Waals surface area contributed by atoms with Gasteiger partial charge in [-0.15, -0.1) is 0 Å². The van der Waals surface area contributed by atoms with E-state index in [4.69, 9.17) is 0 Å². The number of hydrogen-bond donors (Lipinski definition) is 2. The van der Waals surface area contributed by atoms with E-state index < -0.39 is 58.7 Å². The minimum absolute atomic E-state index is 0.0576. The normalized spacial score (nSPS) is 15.0. The van der Waals surface area contributed by atoms with E-state index in [0.29, 0.717) is 12.1 Å². The Balaban J connectivity index is 2.13. The van der Waals surface area contributed by atoms with Gasteiger partial charge in [0.15, 0.2) is 0 Å². The van der Waals surface area contributed by atoms with Crippen LogP contribution in [0.1, 0.15) is 45.6 Å². The van der Waals surface area contributed by atoms with E-state index in [-0.39, 0.29) is 22.9 Å². The number of halogens is 9. The molecular formula is C20H17F9O2S. The molecule has 32 heavy (non-hydrogen) atoms. The highest BCUT2D eigenvalue weighted by molar-refractivity contribution is 7.99. The highest BCUT2D eigenvalue weighted by atomic mass is 32.2. The molecule has 0 aliphatic carbocycles. The summed E-state index contributed by atoms with van der Waals surface area (Å²) in [5.74, 6) is -0.642. The molecule has 0 saturated heterocycles. The number of benzene rings is 2. The van der Waals surface area contributed by atoms with Gasteiger partial charge in [-0.05, 0) is 48.4 Å². The monoisotopic (exact) mass is 492 g/mol.